The van der Waals surface area contributed by atoms with Gasteiger partial charge in [0.2, 0.25) is 0 Å². The van der Waals surface area contributed by atoms with Gasteiger partial charge in [-0.05, 0) is 25.2 Å². The van der Waals surface area contributed by atoms with Crippen LogP contribution in [-0.2, 0) is 9.53 Å². The van der Waals surface area contributed by atoms with Gasteiger partial charge < -0.3 is 4.74 Å². The summed E-state index contributed by atoms with van der Waals surface area (Å²) in [7, 11) is 1.46. The monoisotopic (exact) mass is 254 g/mol. The van der Waals surface area contributed by atoms with E-state index in [1.807, 2.05) is 0 Å². The minimum absolute atomic E-state index is 0.0785. The van der Waals surface area contributed by atoms with Crippen LogP contribution in [-0.4, -0.2) is 13.1 Å². The van der Waals surface area contributed by atoms with Crippen LogP contribution < -0.4 is 0 Å². The molecule has 0 aromatic rings. The fourth-order valence-corrected chi connectivity index (χ4v) is 2.04. The van der Waals surface area contributed by atoms with E-state index in [9.17, 15) is 4.79 Å². The molecular weight excluding hydrogens is 224 g/mol. The molecule has 2 heteroatoms. The van der Waals surface area contributed by atoms with Crippen LogP contribution in [0.15, 0.2) is 12.2 Å². The normalized spacial score (nSPS) is 12.8. The van der Waals surface area contributed by atoms with Crippen LogP contribution >= 0.6 is 0 Å². The summed E-state index contributed by atoms with van der Waals surface area (Å²) in [5.41, 5.74) is 0. The van der Waals surface area contributed by atoms with Crippen molar-refractivity contribution in [3.63, 3.8) is 0 Å². The Bertz CT molecular complexity index is 221. The van der Waals surface area contributed by atoms with Crippen LogP contribution in [0.5, 0.6) is 0 Å². The molecule has 18 heavy (non-hydrogen) atoms. The molecule has 106 valence electrons. The standard InChI is InChI=1S/C16H30O2/c1-4-5-6-7-8-9-10-11-12-13-15(2)14-16(17)18-3/h5-6,15H,4,7-14H2,1-3H3. The molecule has 1 unspecified atom stereocenters. The highest BCUT2D eigenvalue weighted by Crippen LogP contribution is 2.15. The van der Waals surface area contributed by atoms with E-state index in [1.54, 1.807) is 0 Å². The van der Waals surface area contributed by atoms with Crippen LogP contribution in [0.1, 0.15) is 71.6 Å². The average Bonchev–Trinajstić information content (AvgIpc) is 2.36. The SMILES string of the molecule is CCC=CCCCCCCCC(C)CC(=O)OC. The van der Waals surface area contributed by atoms with Gasteiger partial charge in [-0.15, -0.1) is 0 Å². The molecule has 0 N–H and O–H groups in total. The molecule has 0 amide bonds. The van der Waals surface area contributed by atoms with Gasteiger partial charge in [-0.25, -0.2) is 0 Å². The smallest absolute Gasteiger partial charge is 0.305 e. The van der Waals surface area contributed by atoms with E-state index in [2.05, 4.69) is 30.7 Å². The summed E-state index contributed by atoms with van der Waals surface area (Å²) in [5.74, 6) is 0.384. The zero-order chi connectivity index (χ0) is 13.6. The van der Waals surface area contributed by atoms with Gasteiger partial charge in [0.25, 0.3) is 0 Å². The molecule has 0 saturated carbocycles. The molecule has 0 aliphatic rings. The Kier molecular flexibility index (Phi) is 12.1. The first-order valence-corrected chi connectivity index (χ1v) is 7.42. The predicted octanol–water partition coefficient (Wildman–Crippen LogP) is 4.88. The third kappa shape index (κ3) is 11.7. The van der Waals surface area contributed by atoms with E-state index < -0.39 is 0 Å². The number of hydrogen-bond acceptors (Lipinski definition) is 2. The molecule has 0 heterocycles. The Morgan fingerprint density at radius 1 is 1.11 bits per heavy atom. The van der Waals surface area contributed by atoms with Crippen LogP contribution in [0.2, 0.25) is 0 Å². The predicted molar refractivity (Wildman–Crippen MR) is 77.5 cm³/mol. The second-order valence-corrected chi connectivity index (χ2v) is 5.11. The highest BCUT2D eigenvalue weighted by atomic mass is 16.5. The molecule has 0 aromatic carbocycles. The fraction of sp³-hybridized carbons (Fsp3) is 0.812. The van der Waals surface area contributed by atoms with Crippen molar-refractivity contribution < 1.29 is 9.53 Å². The summed E-state index contributed by atoms with van der Waals surface area (Å²) in [5, 5.41) is 0. The number of esters is 1. The molecule has 0 aliphatic carbocycles. The largest absolute Gasteiger partial charge is 0.469 e. The van der Waals surface area contributed by atoms with Crippen molar-refractivity contribution >= 4 is 5.97 Å². The van der Waals surface area contributed by atoms with E-state index in [0.717, 1.165) is 12.8 Å². The molecule has 0 radical (unpaired) electrons. The van der Waals surface area contributed by atoms with E-state index >= 15 is 0 Å². The lowest BCUT2D eigenvalue weighted by molar-refractivity contribution is -0.141. The zero-order valence-corrected chi connectivity index (χ0v) is 12.4. The molecule has 0 bridgehead atoms. The Hall–Kier alpha value is -0.790. The number of carbonyl (C=O) groups is 1. The number of ether oxygens (including phenoxy) is 1. The number of hydrogen-bond donors (Lipinski definition) is 0. The molecule has 0 fully saturated rings. The highest BCUT2D eigenvalue weighted by Gasteiger charge is 2.08. The molecule has 1 atom stereocenters. The average molecular weight is 254 g/mol. The number of allylic oxidation sites excluding steroid dienone is 2. The number of carbonyl (C=O) groups excluding carboxylic acids is 1. The quantitative estimate of drug-likeness (QED) is 0.298. The van der Waals surface area contributed by atoms with E-state index in [4.69, 9.17) is 0 Å². The Morgan fingerprint density at radius 2 is 1.78 bits per heavy atom. The number of rotatable bonds is 11. The first-order chi connectivity index (χ1) is 8.70. The van der Waals surface area contributed by atoms with Gasteiger partial charge in [0.15, 0.2) is 0 Å². The van der Waals surface area contributed by atoms with Crippen LogP contribution in [0.4, 0.5) is 0 Å². The lowest BCUT2D eigenvalue weighted by Gasteiger charge is -2.09. The summed E-state index contributed by atoms with van der Waals surface area (Å²) >= 11 is 0. The van der Waals surface area contributed by atoms with Crippen molar-refractivity contribution in [1.82, 2.24) is 0 Å². The Labute approximate surface area is 113 Å². The maximum absolute atomic E-state index is 11.1. The molecule has 0 spiro atoms. The van der Waals surface area contributed by atoms with E-state index in [1.165, 1.54) is 45.6 Å². The summed E-state index contributed by atoms with van der Waals surface area (Å²) in [4.78, 5) is 11.1. The first kappa shape index (κ1) is 17.2. The van der Waals surface area contributed by atoms with Crippen LogP contribution in [0, 0.1) is 5.92 Å². The van der Waals surface area contributed by atoms with Crippen molar-refractivity contribution in [2.75, 3.05) is 7.11 Å². The van der Waals surface area contributed by atoms with E-state index in [0.29, 0.717) is 12.3 Å². The lowest BCUT2D eigenvalue weighted by atomic mass is 9.99. The van der Waals surface area contributed by atoms with Gasteiger partial charge >= 0.3 is 5.97 Å². The van der Waals surface area contributed by atoms with Crippen molar-refractivity contribution in [2.24, 2.45) is 5.92 Å². The Balaban J connectivity index is 3.24. The molecular formula is C16H30O2. The molecule has 0 aromatic heterocycles. The third-order valence-corrected chi connectivity index (χ3v) is 3.21. The molecule has 0 rings (SSSR count). The van der Waals surface area contributed by atoms with Crippen LogP contribution in [0.25, 0.3) is 0 Å². The second-order valence-electron chi connectivity index (χ2n) is 5.11. The van der Waals surface area contributed by atoms with Crippen molar-refractivity contribution in [3.8, 4) is 0 Å². The zero-order valence-electron chi connectivity index (χ0n) is 12.4. The third-order valence-electron chi connectivity index (χ3n) is 3.21. The van der Waals surface area contributed by atoms with Gasteiger partial charge in [0, 0.05) is 6.42 Å². The van der Waals surface area contributed by atoms with Gasteiger partial charge in [-0.2, -0.15) is 0 Å². The minimum Gasteiger partial charge on any atom is -0.469 e. The first-order valence-electron chi connectivity index (χ1n) is 7.42. The maximum Gasteiger partial charge on any atom is 0.305 e. The number of unbranched alkanes of at least 4 members (excludes halogenated alkanes) is 5. The van der Waals surface area contributed by atoms with E-state index in [-0.39, 0.29) is 5.97 Å². The molecule has 0 saturated heterocycles. The molecule has 0 aliphatic heterocycles. The lowest BCUT2D eigenvalue weighted by Crippen LogP contribution is -2.06. The maximum atomic E-state index is 11.1. The molecule has 2 nitrogen and oxygen atoms in total. The summed E-state index contributed by atoms with van der Waals surface area (Å²) in [6.07, 6.45) is 15.1. The topological polar surface area (TPSA) is 26.3 Å². The highest BCUT2D eigenvalue weighted by molar-refractivity contribution is 5.69. The number of methoxy groups -OCH3 is 1. The summed E-state index contributed by atoms with van der Waals surface area (Å²) in [6, 6.07) is 0. The second kappa shape index (κ2) is 12.7. The van der Waals surface area contributed by atoms with Crippen molar-refractivity contribution in [3.05, 3.63) is 12.2 Å². The van der Waals surface area contributed by atoms with Crippen molar-refractivity contribution in [1.29, 1.82) is 0 Å². The van der Waals surface area contributed by atoms with Gasteiger partial charge in [-0.3, -0.25) is 4.79 Å². The minimum atomic E-state index is -0.0785. The summed E-state index contributed by atoms with van der Waals surface area (Å²) < 4.78 is 4.67. The van der Waals surface area contributed by atoms with Gasteiger partial charge in [-0.1, -0.05) is 58.1 Å². The summed E-state index contributed by atoms with van der Waals surface area (Å²) in [6.45, 7) is 4.30. The van der Waals surface area contributed by atoms with Crippen LogP contribution in [0.3, 0.4) is 0 Å². The van der Waals surface area contributed by atoms with Crippen molar-refractivity contribution in [2.45, 2.75) is 71.6 Å². The Morgan fingerprint density at radius 3 is 2.44 bits per heavy atom. The van der Waals surface area contributed by atoms with Gasteiger partial charge in [0.05, 0.1) is 7.11 Å². The van der Waals surface area contributed by atoms with Gasteiger partial charge in [0.1, 0.15) is 0 Å². The fourth-order valence-electron chi connectivity index (χ4n) is 2.04.